The van der Waals surface area contributed by atoms with Crippen molar-refractivity contribution in [3.63, 3.8) is 0 Å². The first-order chi connectivity index (χ1) is 16.1. The molecule has 1 fully saturated rings. The Morgan fingerprint density at radius 1 is 1.15 bits per heavy atom. The minimum Gasteiger partial charge on any atom is -0.497 e. The molecule has 0 radical (unpaired) electrons. The van der Waals surface area contributed by atoms with E-state index >= 15 is 0 Å². The molecular formula is C24H22FN7O. The maximum absolute atomic E-state index is 14.9. The van der Waals surface area contributed by atoms with E-state index < -0.39 is 5.82 Å². The summed E-state index contributed by atoms with van der Waals surface area (Å²) in [7, 11) is 1.47. The third-order valence-corrected chi connectivity index (χ3v) is 5.92. The van der Waals surface area contributed by atoms with E-state index in [2.05, 4.69) is 31.5 Å². The number of hydrogen-bond acceptors (Lipinski definition) is 7. The van der Waals surface area contributed by atoms with Gasteiger partial charge in [0.05, 0.1) is 23.8 Å². The lowest BCUT2D eigenvalue weighted by Crippen LogP contribution is -2.43. The number of benzene rings is 2. The van der Waals surface area contributed by atoms with E-state index in [0.29, 0.717) is 22.3 Å². The van der Waals surface area contributed by atoms with Gasteiger partial charge in [-0.05, 0) is 29.8 Å². The summed E-state index contributed by atoms with van der Waals surface area (Å²) in [5, 5.41) is 20.9. The molecule has 0 unspecified atom stereocenters. The number of hydrogen-bond donors (Lipinski definition) is 3. The Balaban J connectivity index is 1.70. The summed E-state index contributed by atoms with van der Waals surface area (Å²) < 4.78 is 20.1. The number of fused-ring (bicyclic) bond motifs is 1. The maximum Gasteiger partial charge on any atom is 0.158 e. The number of anilines is 2. The van der Waals surface area contributed by atoms with Crippen molar-refractivity contribution in [2.75, 3.05) is 43.9 Å². The Morgan fingerprint density at radius 2 is 1.91 bits per heavy atom. The van der Waals surface area contributed by atoms with E-state index in [1.165, 1.54) is 13.2 Å². The average Bonchev–Trinajstić information content (AvgIpc) is 3.23. The highest BCUT2D eigenvalue weighted by atomic mass is 19.1. The van der Waals surface area contributed by atoms with Crippen molar-refractivity contribution in [2.24, 2.45) is 0 Å². The number of nitriles is 1. The van der Waals surface area contributed by atoms with Crippen molar-refractivity contribution in [1.82, 2.24) is 20.5 Å². The maximum atomic E-state index is 14.9. The van der Waals surface area contributed by atoms with Crippen LogP contribution in [-0.4, -0.2) is 48.5 Å². The number of nitrogens with zero attached hydrogens (tertiary/aromatic N) is 4. The van der Waals surface area contributed by atoms with Gasteiger partial charge in [-0.15, -0.1) is 0 Å². The molecule has 3 heterocycles. The van der Waals surface area contributed by atoms with Crippen LogP contribution < -0.4 is 20.7 Å². The number of H-pyrrole nitrogens is 1. The first-order valence-corrected chi connectivity index (χ1v) is 10.6. The predicted octanol–water partition coefficient (Wildman–Crippen LogP) is 3.30. The minimum absolute atomic E-state index is 0.195. The molecule has 2 aromatic carbocycles. The molecule has 33 heavy (non-hydrogen) atoms. The van der Waals surface area contributed by atoms with Crippen LogP contribution in [0.1, 0.15) is 5.56 Å². The fraction of sp³-hybridized carbons (Fsp3) is 0.208. The van der Waals surface area contributed by atoms with Crippen LogP contribution in [0.4, 0.5) is 15.9 Å². The molecule has 5 rings (SSSR count). The van der Waals surface area contributed by atoms with E-state index in [-0.39, 0.29) is 22.6 Å². The molecule has 1 saturated heterocycles. The molecule has 0 aliphatic carbocycles. The smallest absolute Gasteiger partial charge is 0.158 e. The number of pyridine rings is 1. The second-order valence-electron chi connectivity index (χ2n) is 7.78. The summed E-state index contributed by atoms with van der Waals surface area (Å²) in [5.41, 5.74) is 9.63. The third-order valence-electron chi connectivity index (χ3n) is 5.92. The molecule has 8 nitrogen and oxygen atoms in total. The number of nitrogens with one attached hydrogen (secondary N) is 2. The van der Waals surface area contributed by atoms with E-state index in [1.807, 2.05) is 24.3 Å². The second kappa shape index (κ2) is 8.41. The summed E-state index contributed by atoms with van der Waals surface area (Å²) >= 11 is 0. The average molecular weight is 443 g/mol. The van der Waals surface area contributed by atoms with Crippen molar-refractivity contribution < 1.29 is 9.13 Å². The van der Waals surface area contributed by atoms with E-state index in [9.17, 15) is 9.65 Å². The highest BCUT2D eigenvalue weighted by molar-refractivity contribution is 6.04. The van der Waals surface area contributed by atoms with Crippen LogP contribution in [0.2, 0.25) is 0 Å². The van der Waals surface area contributed by atoms with Crippen LogP contribution in [-0.2, 0) is 0 Å². The van der Waals surface area contributed by atoms with Gasteiger partial charge in [0.2, 0.25) is 0 Å². The first kappa shape index (κ1) is 20.7. The zero-order valence-electron chi connectivity index (χ0n) is 18.0. The number of halogens is 1. The van der Waals surface area contributed by atoms with Crippen molar-refractivity contribution in [2.45, 2.75) is 0 Å². The standard InChI is InChI=1S/C24H22FN7O/c1-33-16-6-7-17(19(25)12-16)22-18(13-26)20(21-23(27)30-31-24(21)29-22)14-2-4-15(5-3-14)32-10-8-28-9-11-32/h2-7,12,28H,8-11H2,1H3,(H3,27,29,30,31). The Morgan fingerprint density at radius 3 is 2.58 bits per heavy atom. The molecule has 0 saturated carbocycles. The summed E-state index contributed by atoms with van der Waals surface area (Å²) in [6.45, 7) is 3.73. The predicted molar refractivity (Wildman–Crippen MR) is 125 cm³/mol. The largest absolute Gasteiger partial charge is 0.497 e. The zero-order chi connectivity index (χ0) is 22.9. The molecule has 0 spiro atoms. The van der Waals surface area contributed by atoms with Gasteiger partial charge in [0, 0.05) is 49.1 Å². The lowest BCUT2D eigenvalue weighted by Gasteiger charge is -2.29. The molecule has 0 amide bonds. The highest BCUT2D eigenvalue weighted by Crippen LogP contribution is 2.39. The van der Waals surface area contributed by atoms with Gasteiger partial charge in [-0.1, -0.05) is 12.1 Å². The van der Waals surface area contributed by atoms with Crippen LogP contribution >= 0.6 is 0 Å². The molecule has 9 heteroatoms. The molecule has 1 aliphatic heterocycles. The summed E-state index contributed by atoms with van der Waals surface area (Å²) in [5.74, 6) is 0.0764. The Bertz CT molecular complexity index is 1370. The first-order valence-electron chi connectivity index (χ1n) is 10.6. The molecule has 4 N–H and O–H groups in total. The number of aromatic amines is 1. The minimum atomic E-state index is -0.537. The second-order valence-corrected chi connectivity index (χ2v) is 7.78. The lowest BCUT2D eigenvalue weighted by atomic mass is 9.93. The van der Waals surface area contributed by atoms with E-state index in [4.69, 9.17) is 10.5 Å². The van der Waals surface area contributed by atoms with E-state index in [1.54, 1.807) is 12.1 Å². The number of ether oxygens (including phenoxy) is 1. The normalized spacial score (nSPS) is 13.8. The molecule has 2 aromatic heterocycles. The van der Waals surface area contributed by atoms with Gasteiger partial charge in [0.25, 0.3) is 0 Å². The quantitative estimate of drug-likeness (QED) is 0.443. The Hall–Kier alpha value is -4.16. The van der Waals surface area contributed by atoms with Crippen LogP contribution in [0.15, 0.2) is 42.5 Å². The monoisotopic (exact) mass is 443 g/mol. The Labute approximate surface area is 189 Å². The molecule has 1 aliphatic rings. The summed E-state index contributed by atoms with van der Waals surface area (Å²) in [6, 6.07) is 14.6. The molecule has 0 bridgehead atoms. The number of piperazine rings is 1. The van der Waals surface area contributed by atoms with Crippen molar-refractivity contribution >= 4 is 22.5 Å². The van der Waals surface area contributed by atoms with Crippen molar-refractivity contribution in [1.29, 1.82) is 5.26 Å². The summed E-state index contributed by atoms with van der Waals surface area (Å²) in [6.07, 6.45) is 0. The van der Waals surface area contributed by atoms with Crippen LogP contribution in [0.25, 0.3) is 33.4 Å². The van der Waals surface area contributed by atoms with Gasteiger partial charge in [-0.3, -0.25) is 5.10 Å². The van der Waals surface area contributed by atoms with Gasteiger partial charge in [0.15, 0.2) is 11.5 Å². The Kier molecular flexibility index (Phi) is 5.28. The number of rotatable bonds is 4. The molecule has 4 aromatic rings. The number of nitrogens with two attached hydrogens (primary N) is 1. The van der Waals surface area contributed by atoms with Crippen LogP contribution in [0, 0.1) is 17.1 Å². The summed E-state index contributed by atoms with van der Waals surface area (Å²) in [4.78, 5) is 6.82. The van der Waals surface area contributed by atoms with Crippen molar-refractivity contribution in [3.8, 4) is 34.2 Å². The topological polar surface area (TPSA) is 116 Å². The van der Waals surface area contributed by atoms with Gasteiger partial charge < -0.3 is 20.7 Å². The fourth-order valence-corrected chi connectivity index (χ4v) is 4.25. The van der Waals surface area contributed by atoms with Crippen LogP contribution in [0.3, 0.4) is 0 Å². The highest BCUT2D eigenvalue weighted by Gasteiger charge is 2.23. The van der Waals surface area contributed by atoms with Gasteiger partial charge in [-0.2, -0.15) is 10.4 Å². The zero-order valence-corrected chi connectivity index (χ0v) is 18.0. The number of methoxy groups -OCH3 is 1. The van der Waals surface area contributed by atoms with Crippen LogP contribution in [0.5, 0.6) is 5.75 Å². The lowest BCUT2D eigenvalue weighted by molar-refractivity contribution is 0.411. The third kappa shape index (κ3) is 3.60. The molecular weight excluding hydrogens is 421 g/mol. The van der Waals surface area contributed by atoms with Crippen molar-refractivity contribution in [3.05, 3.63) is 53.8 Å². The molecule has 166 valence electrons. The van der Waals surface area contributed by atoms with Gasteiger partial charge in [-0.25, -0.2) is 9.37 Å². The van der Waals surface area contributed by atoms with Gasteiger partial charge in [0.1, 0.15) is 17.6 Å². The van der Waals surface area contributed by atoms with E-state index in [0.717, 1.165) is 37.4 Å². The number of aromatic nitrogens is 3. The molecule has 0 atom stereocenters. The number of nitrogen functional groups attached to an aromatic ring is 1. The van der Waals surface area contributed by atoms with Gasteiger partial charge >= 0.3 is 0 Å². The SMILES string of the molecule is COc1ccc(-c2nc3[nH]nc(N)c3c(-c3ccc(N4CCNCC4)cc3)c2C#N)c(F)c1. The fourth-order valence-electron chi connectivity index (χ4n) is 4.25.